The van der Waals surface area contributed by atoms with Gasteiger partial charge in [0.05, 0.1) is 6.10 Å². The van der Waals surface area contributed by atoms with Crippen molar-refractivity contribution in [3.63, 3.8) is 0 Å². The van der Waals surface area contributed by atoms with E-state index in [0.29, 0.717) is 12.1 Å². The molecule has 3 nitrogen and oxygen atoms in total. The summed E-state index contributed by atoms with van der Waals surface area (Å²) in [5.41, 5.74) is 1.82. The second kappa shape index (κ2) is 6.41. The molecule has 0 aliphatic rings. The summed E-state index contributed by atoms with van der Waals surface area (Å²) in [4.78, 5) is 3.97. The van der Waals surface area contributed by atoms with Crippen molar-refractivity contribution in [2.24, 2.45) is 0 Å². The molecular formula is C15H17FN2O. The van der Waals surface area contributed by atoms with Crippen LogP contribution < -0.4 is 5.32 Å². The zero-order chi connectivity index (χ0) is 13.7. The van der Waals surface area contributed by atoms with Crippen LogP contribution in [0.1, 0.15) is 30.2 Å². The highest BCUT2D eigenvalue weighted by atomic mass is 19.1. The van der Waals surface area contributed by atoms with Gasteiger partial charge >= 0.3 is 0 Å². The summed E-state index contributed by atoms with van der Waals surface area (Å²) in [6.07, 6.45) is 2.83. The van der Waals surface area contributed by atoms with Crippen LogP contribution in [0.2, 0.25) is 0 Å². The molecule has 0 saturated heterocycles. The minimum Gasteiger partial charge on any atom is -0.387 e. The first-order chi connectivity index (χ1) is 9.16. The number of rotatable bonds is 5. The van der Waals surface area contributed by atoms with Gasteiger partial charge in [0.1, 0.15) is 5.82 Å². The lowest BCUT2D eigenvalue weighted by Gasteiger charge is -2.17. The van der Waals surface area contributed by atoms with E-state index >= 15 is 0 Å². The van der Waals surface area contributed by atoms with Gasteiger partial charge in [-0.2, -0.15) is 0 Å². The van der Waals surface area contributed by atoms with Gasteiger partial charge in [-0.25, -0.2) is 4.39 Å². The van der Waals surface area contributed by atoms with E-state index in [9.17, 15) is 9.50 Å². The third-order valence-electron chi connectivity index (χ3n) is 3.08. The van der Waals surface area contributed by atoms with Crippen LogP contribution in [0.5, 0.6) is 0 Å². The first-order valence-electron chi connectivity index (χ1n) is 6.23. The monoisotopic (exact) mass is 260 g/mol. The number of benzene rings is 1. The third-order valence-corrected chi connectivity index (χ3v) is 3.08. The van der Waals surface area contributed by atoms with Crippen molar-refractivity contribution in [2.75, 3.05) is 6.54 Å². The highest BCUT2D eigenvalue weighted by Gasteiger charge is 2.10. The zero-order valence-electron chi connectivity index (χ0n) is 10.8. The van der Waals surface area contributed by atoms with Gasteiger partial charge in [-0.05, 0) is 42.3 Å². The average Bonchev–Trinajstić information content (AvgIpc) is 2.46. The largest absolute Gasteiger partial charge is 0.387 e. The van der Waals surface area contributed by atoms with E-state index in [1.165, 1.54) is 12.1 Å². The van der Waals surface area contributed by atoms with Gasteiger partial charge < -0.3 is 10.4 Å². The maximum Gasteiger partial charge on any atom is 0.123 e. The summed E-state index contributed by atoms with van der Waals surface area (Å²) in [7, 11) is 0. The lowest BCUT2D eigenvalue weighted by atomic mass is 10.1. The van der Waals surface area contributed by atoms with E-state index in [1.54, 1.807) is 24.5 Å². The van der Waals surface area contributed by atoms with Crippen LogP contribution in [-0.4, -0.2) is 16.6 Å². The van der Waals surface area contributed by atoms with Gasteiger partial charge in [-0.1, -0.05) is 12.1 Å². The fourth-order valence-electron chi connectivity index (χ4n) is 1.86. The summed E-state index contributed by atoms with van der Waals surface area (Å²) in [6, 6.07) is 9.88. The Hall–Kier alpha value is -1.78. The van der Waals surface area contributed by atoms with Gasteiger partial charge in [0.15, 0.2) is 0 Å². The molecule has 0 saturated carbocycles. The average molecular weight is 260 g/mol. The highest BCUT2D eigenvalue weighted by molar-refractivity contribution is 5.19. The molecule has 2 N–H and O–H groups in total. The summed E-state index contributed by atoms with van der Waals surface area (Å²) in [6.45, 7) is 2.43. The molecule has 4 heteroatoms. The molecule has 1 unspecified atom stereocenters. The molecule has 0 amide bonds. The second-order valence-corrected chi connectivity index (χ2v) is 4.48. The highest BCUT2D eigenvalue weighted by Crippen LogP contribution is 2.15. The number of hydrogen-bond acceptors (Lipinski definition) is 3. The van der Waals surface area contributed by atoms with Gasteiger partial charge in [-0.15, -0.1) is 0 Å². The van der Waals surface area contributed by atoms with Gasteiger partial charge in [0.25, 0.3) is 0 Å². The molecule has 0 aliphatic carbocycles. The molecule has 0 spiro atoms. The number of halogens is 1. The van der Waals surface area contributed by atoms with Gasteiger partial charge in [0, 0.05) is 25.0 Å². The molecule has 0 fully saturated rings. The van der Waals surface area contributed by atoms with E-state index in [0.717, 1.165) is 5.56 Å². The van der Waals surface area contributed by atoms with Crippen LogP contribution >= 0.6 is 0 Å². The number of aliphatic hydroxyl groups is 1. The predicted molar refractivity (Wildman–Crippen MR) is 72.0 cm³/mol. The van der Waals surface area contributed by atoms with Crippen LogP contribution in [0.15, 0.2) is 48.8 Å². The Morgan fingerprint density at radius 1 is 1.11 bits per heavy atom. The Morgan fingerprint density at radius 2 is 1.74 bits per heavy atom. The number of hydrogen-bond donors (Lipinski definition) is 2. The first kappa shape index (κ1) is 13.6. The molecule has 0 aliphatic heterocycles. The molecule has 0 radical (unpaired) electrons. The lowest BCUT2D eigenvalue weighted by Crippen LogP contribution is -2.24. The lowest BCUT2D eigenvalue weighted by molar-refractivity contribution is 0.170. The van der Waals surface area contributed by atoms with E-state index in [4.69, 9.17) is 0 Å². The van der Waals surface area contributed by atoms with Crippen molar-refractivity contribution in [1.82, 2.24) is 10.3 Å². The molecule has 0 bridgehead atoms. The number of aromatic nitrogens is 1. The van der Waals surface area contributed by atoms with Crippen molar-refractivity contribution >= 4 is 0 Å². The van der Waals surface area contributed by atoms with Crippen molar-refractivity contribution in [3.8, 4) is 0 Å². The number of nitrogens with zero attached hydrogens (tertiary/aromatic N) is 1. The van der Waals surface area contributed by atoms with Crippen LogP contribution in [0, 0.1) is 5.82 Å². The smallest absolute Gasteiger partial charge is 0.123 e. The van der Waals surface area contributed by atoms with E-state index < -0.39 is 6.10 Å². The summed E-state index contributed by atoms with van der Waals surface area (Å²) < 4.78 is 12.8. The Kier molecular flexibility index (Phi) is 4.60. The van der Waals surface area contributed by atoms with Crippen molar-refractivity contribution in [3.05, 3.63) is 65.7 Å². The molecule has 2 rings (SSSR count). The zero-order valence-corrected chi connectivity index (χ0v) is 10.8. The predicted octanol–water partition coefficient (Wildman–Crippen LogP) is 2.60. The van der Waals surface area contributed by atoms with E-state index in [2.05, 4.69) is 10.3 Å². The quantitative estimate of drug-likeness (QED) is 0.868. The SMILES string of the molecule is C[C@@H](NCC(O)c1ccc(F)cc1)c1ccncc1. The van der Waals surface area contributed by atoms with Crippen LogP contribution in [0.4, 0.5) is 4.39 Å². The fourth-order valence-corrected chi connectivity index (χ4v) is 1.86. The van der Waals surface area contributed by atoms with Crippen molar-refractivity contribution in [1.29, 1.82) is 0 Å². The van der Waals surface area contributed by atoms with Crippen LogP contribution in [0.3, 0.4) is 0 Å². The van der Waals surface area contributed by atoms with E-state index in [-0.39, 0.29) is 11.9 Å². The minimum absolute atomic E-state index is 0.123. The normalized spacial score (nSPS) is 14.1. The molecule has 2 aromatic rings. The maximum absolute atomic E-state index is 12.8. The van der Waals surface area contributed by atoms with E-state index in [1.807, 2.05) is 19.1 Å². The summed E-state index contributed by atoms with van der Waals surface area (Å²) in [5.74, 6) is -0.297. The first-order valence-corrected chi connectivity index (χ1v) is 6.23. The Balaban J connectivity index is 1.90. The Bertz CT molecular complexity index is 501. The van der Waals surface area contributed by atoms with Crippen LogP contribution in [0.25, 0.3) is 0 Å². The molecule has 2 atom stereocenters. The minimum atomic E-state index is -0.648. The topological polar surface area (TPSA) is 45.1 Å². The Labute approximate surface area is 112 Å². The van der Waals surface area contributed by atoms with Crippen molar-refractivity contribution < 1.29 is 9.50 Å². The third kappa shape index (κ3) is 3.84. The number of aliphatic hydroxyl groups excluding tert-OH is 1. The molecule has 100 valence electrons. The molecule has 1 aromatic carbocycles. The standard InChI is InChI=1S/C15H17FN2O/c1-11(12-6-8-17-9-7-12)18-10-15(19)13-2-4-14(16)5-3-13/h2-9,11,15,18-19H,10H2,1H3/t11-,15?/m1/s1. The summed E-state index contributed by atoms with van der Waals surface area (Å²) >= 11 is 0. The Morgan fingerprint density at radius 3 is 2.37 bits per heavy atom. The molecule has 19 heavy (non-hydrogen) atoms. The molecule has 1 heterocycles. The maximum atomic E-state index is 12.8. The van der Waals surface area contributed by atoms with Crippen LogP contribution in [-0.2, 0) is 0 Å². The van der Waals surface area contributed by atoms with Gasteiger partial charge in [0.2, 0.25) is 0 Å². The van der Waals surface area contributed by atoms with Crippen molar-refractivity contribution in [2.45, 2.75) is 19.1 Å². The van der Waals surface area contributed by atoms with Gasteiger partial charge in [-0.3, -0.25) is 4.98 Å². The number of pyridine rings is 1. The summed E-state index contributed by atoms with van der Waals surface area (Å²) in [5, 5.41) is 13.3. The fraction of sp³-hybridized carbons (Fsp3) is 0.267. The molecular weight excluding hydrogens is 243 g/mol. The molecule has 1 aromatic heterocycles. The second-order valence-electron chi connectivity index (χ2n) is 4.48. The number of nitrogens with one attached hydrogen (secondary N) is 1.